The molecular weight excluding hydrogens is 342 g/mol. The SMILES string of the molecule is COc1nc2c(cc1CN1CCCC(c3ncc[nH]3)C1)C(=O)N(C(C)C)C2. The molecule has 7 heteroatoms. The molecule has 1 saturated heterocycles. The molecule has 1 atom stereocenters. The van der Waals surface area contributed by atoms with E-state index in [0.29, 0.717) is 18.3 Å². The van der Waals surface area contributed by atoms with Gasteiger partial charge in [-0.1, -0.05) is 0 Å². The number of hydrogen-bond acceptors (Lipinski definition) is 5. The average Bonchev–Trinajstić information content (AvgIpc) is 3.30. The first-order chi connectivity index (χ1) is 13.1. The molecule has 2 aromatic rings. The van der Waals surface area contributed by atoms with Crippen molar-refractivity contribution in [3.63, 3.8) is 0 Å². The van der Waals surface area contributed by atoms with Gasteiger partial charge in [-0.25, -0.2) is 9.97 Å². The number of methoxy groups -OCH3 is 1. The molecule has 144 valence electrons. The molecule has 0 bridgehead atoms. The summed E-state index contributed by atoms with van der Waals surface area (Å²) in [6.45, 7) is 7.33. The molecule has 1 fully saturated rings. The van der Waals surface area contributed by atoms with Gasteiger partial charge in [0.25, 0.3) is 5.91 Å². The van der Waals surface area contributed by atoms with Crippen LogP contribution in [0.2, 0.25) is 0 Å². The quantitative estimate of drug-likeness (QED) is 0.877. The first kappa shape index (κ1) is 18.0. The van der Waals surface area contributed by atoms with Crippen molar-refractivity contribution >= 4 is 5.91 Å². The van der Waals surface area contributed by atoms with E-state index in [0.717, 1.165) is 55.1 Å². The number of aromatic nitrogens is 3. The van der Waals surface area contributed by atoms with Crippen LogP contribution in [0.5, 0.6) is 5.88 Å². The Bertz CT molecular complexity index is 818. The molecule has 0 aromatic carbocycles. The molecule has 4 heterocycles. The predicted molar refractivity (Wildman–Crippen MR) is 102 cm³/mol. The topological polar surface area (TPSA) is 74.3 Å². The van der Waals surface area contributed by atoms with Gasteiger partial charge >= 0.3 is 0 Å². The van der Waals surface area contributed by atoms with Crippen molar-refractivity contribution in [2.75, 3.05) is 20.2 Å². The summed E-state index contributed by atoms with van der Waals surface area (Å²) >= 11 is 0. The second-order valence-electron chi connectivity index (χ2n) is 7.73. The van der Waals surface area contributed by atoms with Crippen LogP contribution in [-0.2, 0) is 13.1 Å². The fraction of sp³-hybridized carbons (Fsp3) is 0.550. The van der Waals surface area contributed by atoms with E-state index >= 15 is 0 Å². The van der Waals surface area contributed by atoms with Crippen LogP contribution < -0.4 is 4.74 Å². The van der Waals surface area contributed by atoms with Gasteiger partial charge in [0.2, 0.25) is 5.88 Å². The monoisotopic (exact) mass is 369 g/mol. The summed E-state index contributed by atoms with van der Waals surface area (Å²) in [4.78, 5) is 29.3. The highest BCUT2D eigenvalue weighted by atomic mass is 16.5. The zero-order chi connectivity index (χ0) is 19.0. The van der Waals surface area contributed by atoms with E-state index in [1.807, 2.05) is 37.2 Å². The third-order valence-electron chi connectivity index (χ3n) is 5.57. The number of H-pyrrole nitrogens is 1. The van der Waals surface area contributed by atoms with Crippen molar-refractivity contribution in [3.8, 4) is 5.88 Å². The third-order valence-corrected chi connectivity index (χ3v) is 5.57. The summed E-state index contributed by atoms with van der Waals surface area (Å²) in [5, 5.41) is 0. The van der Waals surface area contributed by atoms with Gasteiger partial charge < -0.3 is 14.6 Å². The standard InChI is InChI=1S/C20H27N5O2/c1-13(2)25-12-17-16(20(25)26)9-15(19(23-17)27-3)11-24-8-4-5-14(10-24)18-21-6-7-22-18/h6-7,9,13-14H,4-5,8,10-12H2,1-3H3,(H,21,22). The van der Waals surface area contributed by atoms with Crippen LogP contribution in [0, 0.1) is 0 Å². The minimum atomic E-state index is 0.0727. The number of piperidine rings is 1. The summed E-state index contributed by atoms with van der Waals surface area (Å²) in [5.74, 6) is 2.18. The Kier molecular flexibility index (Phi) is 4.86. The van der Waals surface area contributed by atoms with Crippen molar-refractivity contribution in [3.05, 3.63) is 41.1 Å². The van der Waals surface area contributed by atoms with Crippen LogP contribution >= 0.6 is 0 Å². The molecule has 0 radical (unpaired) electrons. The van der Waals surface area contributed by atoms with E-state index in [1.165, 1.54) is 0 Å². The number of ether oxygens (including phenoxy) is 1. The smallest absolute Gasteiger partial charge is 0.256 e. The highest BCUT2D eigenvalue weighted by Gasteiger charge is 2.32. The van der Waals surface area contributed by atoms with Gasteiger partial charge in [-0.3, -0.25) is 9.69 Å². The fourth-order valence-electron chi connectivity index (χ4n) is 4.14. The molecule has 1 N–H and O–H groups in total. The summed E-state index contributed by atoms with van der Waals surface area (Å²) in [7, 11) is 1.65. The maximum atomic E-state index is 12.7. The Morgan fingerprint density at radius 1 is 1.41 bits per heavy atom. The molecule has 7 nitrogen and oxygen atoms in total. The molecule has 1 unspecified atom stereocenters. The summed E-state index contributed by atoms with van der Waals surface area (Å²) in [5.41, 5.74) is 2.52. The zero-order valence-electron chi connectivity index (χ0n) is 16.2. The van der Waals surface area contributed by atoms with Crippen molar-refractivity contribution in [1.82, 2.24) is 24.8 Å². The van der Waals surface area contributed by atoms with E-state index in [2.05, 4.69) is 19.9 Å². The van der Waals surface area contributed by atoms with E-state index in [1.54, 1.807) is 7.11 Å². The first-order valence-electron chi connectivity index (χ1n) is 9.66. The minimum Gasteiger partial charge on any atom is -0.481 e. The highest BCUT2D eigenvalue weighted by Crippen LogP contribution is 2.31. The number of rotatable bonds is 5. The lowest BCUT2D eigenvalue weighted by atomic mass is 9.97. The molecule has 2 aromatic heterocycles. The number of imidazole rings is 1. The number of carbonyl (C=O) groups excluding carboxylic acids is 1. The lowest BCUT2D eigenvalue weighted by Crippen LogP contribution is -2.34. The Morgan fingerprint density at radius 2 is 2.26 bits per heavy atom. The number of hydrogen-bond donors (Lipinski definition) is 1. The first-order valence-corrected chi connectivity index (χ1v) is 9.66. The van der Waals surface area contributed by atoms with E-state index in [9.17, 15) is 4.79 Å². The molecule has 2 aliphatic heterocycles. The molecule has 4 rings (SSSR count). The Hall–Kier alpha value is -2.41. The van der Waals surface area contributed by atoms with Gasteiger partial charge in [-0.15, -0.1) is 0 Å². The number of likely N-dealkylation sites (tertiary alicyclic amines) is 1. The number of aromatic amines is 1. The van der Waals surface area contributed by atoms with E-state index in [-0.39, 0.29) is 11.9 Å². The lowest BCUT2D eigenvalue weighted by Gasteiger charge is -2.32. The molecule has 0 aliphatic carbocycles. The second-order valence-corrected chi connectivity index (χ2v) is 7.73. The summed E-state index contributed by atoms with van der Waals surface area (Å²) in [6.07, 6.45) is 5.97. The largest absolute Gasteiger partial charge is 0.481 e. The molecule has 2 aliphatic rings. The van der Waals surface area contributed by atoms with Crippen LogP contribution in [0.25, 0.3) is 0 Å². The molecule has 0 spiro atoms. The number of amides is 1. The molecule has 27 heavy (non-hydrogen) atoms. The molecule has 1 amide bonds. The third kappa shape index (κ3) is 3.43. The van der Waals surface area contributed by atoms with Gasteiger partial charge in [0, 0.05) is 43.0 Å². The average molecular weight is 369 g/mol. The Labute approximate surface area is 159 Å². The highest BCUT2D eigenvalue weighted by molar-refractivity contribution is 5.98. The van der Waals surface area contributed by atoms with Gasteiger partial charge in [-0.05, 0) is 39.3 Å². The van der Waals surface area contributed by atoms with Crippen LogP contribution in [0.3, 0.4) is 0 Å². The Morgan fingerprint density at radius 3 is 2.96 bits per heavy atom. The van der Waals surface area contributed by atoms with Gasteiger partial charge in [0.15, 0.2) is 0 Å². The minimum absolute atomic E-state index is 0.0727. The van der Waals surface area contributed by atoms with Gasteiger partial charge in [0.05, 0.1) is 24.9 Å². The van der Waals surface area contributed by atoms with Crippen LogP contribution in [0.15, 0.2) is 18.5 Å². The number of nitrogens with one attached hydrogen (secondary N) is 1. The zero-order valence-corrected chi connectivity index (χ0v) is 16.2. The lowest BCUT2D eigenvalue weighted by molar-refractivity contribution is 0.0730. The second kappa shape index (κ2) is 7.31. The van der Waals surface area contributed by atoms with Crippen molar-refractivity contribution in [2.24, 2.45) is 0 Å². The normalized spacial score (nSPS) is 20.4. The maximum Gasteiger partial charge on any atom is 0.256 e. The Balaban J connectivity index is 1.55. The molecular formula is C20H27N5O2. The van der Waals surface area contributed by atoms with Crippen molar-refractivity contribution < 1.29 is 9.53 Å². The summed E-state index contributed by atoms with van der Waals surface area (Å²) in [6, 6.07) is 2.15. The number of carbonyl (C=O) groups is 1. The van der Waals surface area contributed by atoms with E-state index in [4.69, 9.17) is 4.74 Å². The van der Waals surface area contributed by atoms with E-state index < -0.39 is 0 Å². The van der Waals surface area contributed by atoms with Crippen molar-refractivity contribution in [2.45, 2.75) is 51.7 Å². The number of nitrogens with zero attached hydrogens (tertiary/aromatic N) is 4. The van der Waals surface area contributed by atoms with Gasteiger partial charge in [0.1, 0.15) is 5.82 Å². The van der Waals surface area contributed by atoms with Crippen LogP contribution in [0.4, 0.5) is 0 Å². The van der Waals surface area contributed by atoms with Crippen molar-refractivity contribution in [1.29, 1.82) is 0 Å². The number of pyridine rings is 1. The fourth-order valence-corrected chi connectivity index (χ4v) is 4.14. The number of fused-ring (bicyclic) bond motifs is 1. The predicted octanol–water partition coefficient (Wildman–Crippen LogP) is 2.56. The molecule has 0 saturated carbocycles. The van der Waals surface area contributed by atoms with Crippen LogP contribution in [0.1, 0.15) is 60.0 Å². The van der Waals surface area contributed by atoms with Crippen LogP contribution in [-0.4, -0.2) is 56.9 Å². The summed E-state index contributed by atoms with van der Waals surface area (Å²) < 4.78 is 5.56. The van der Waals surface area contributed by atoms with Gasteiger partial charge in [-0.2, -0.15) is 0 Å². The maximum absolute atomic E-state index is 12.7.